The number of hydrogen-bond acceptors (Lipinski definition) is 6. The van der Waals surface area contributed by atoms with Gasteiger partial charge in [0.25, 0.3) is 0 Å². The topological polar surface area (TPSA) is 67.5 Å². The molecule has 106 valence electrons. The molecule has 0 spiro atoms. The SMILES string of the molecule is COCc1nc(C2CN(C)CCN2C)nc(N)c1Br. The van der Waals surface area contributed by atoms with Gasteiger partial charge in [0.15, 0.2) is 0 Å². The van der Waals surface area contributed by atoms with Crippen molar-refractivity contribution < 1.29 is 4.74 Å². The summed E-state index contributed by atoms with van der Waals surface area (Å²) >= 11 is 3.41. The number of aromatic nitrogens is 2. The highest BCUT2D eigenvalue weighted by Crippen LogP contribution is 2.26. The van der Waals surface area contributed by atoms with E-state index in [1.807, 2.05) is 0 Å². The van der Waals surface area contributed by atoms with Crippen LogP contribution in [-0.2, 0) is 11.3 Å². The van der Waals surface area contributed by atoms with E-state index in [1.54, 1.807) is 7.11 Å². The van der Waals surface area contributed by atoms with Gasteiger partial charge in [0.1, 0.15) is 11.6 Å². The van der Waals surface area contributed by atoms with Crippen molar-refractivity contribution in [3.63, 3.8) is 0 Å². The normalized spacial score (nSPS) is 21.8. The molecule has 2 rings (SSSR count). The van der Waals surface area contributed by atoms with Gasteiger partial charge in [0.2, 0.25) is 0 Å². The third kappa shape index (κ3) is 3.22. The summed E-state index contributed by atoms with van der Waals surface area (Å²) in [6, 6.07) is 0.171. The second-order valence-corrected chi connectivity index (χ2v) is 5.71. The van der Waals surface area contributed by atoms with Gasteiger partial charge in [-0.1, -0.05) is 0 Å². The molecule has 1 fully saturated rings. The van der Waals surface area contributed by atoms with E-state index >= 15 is 0 Å². The van der Waals surface area contributed by atoms with Crippen molar-refractivity contribution in [1.29, 1.82) is 0 Å². The highest BCUT2D eigenvalue weighted by molar-refractivity contribution is 9.10. The maximum Gasteiger partial charge on any atom is 0.149 e. The molecule has 1 atom stereocenters. The van der Waals surface area contributed by atoms with Crippen molar-refractivity contribution in [1.82, 2.24) is 19.8 Å². The summed E-state index contributed by atoms with van der Waals surface area (Å²) < 4.78 is 5.88. The number of piperazine rings is 1. The zero-order valence-corrected chi connectivity index (χ0v) is 13.1. The summed E-state index contributed by atoms with van der Waals surface area (Å²) in [5.74, 6) is 1.24. The first-order chi connectivity index (χ1) is 9.02. The number of hydrogen-bond donors (Lipinski definition) is 1. The molecule has 1 aliphatic heterocycles. The van der Waals surface area contributed by atoms with Crippen LogP contribution in [0.25, 0.3) is 0 Å². The first-order valence-electron chi connectivity index (χ1n) is 6.22. The molecule has 0 bridgehead atoms. The zero-order chi connectivity index (χ0) is 14.0. The first kappa shape index (κ1) is 14.6. The van der Waals surface area contributed by atoms with Crippen molar-refractivity contribution in [2.45, 2.75) is 12.6 Å². The van der Waals surface area contributed by atoms with E-state index < -0.39 is 0 Å². The Morgan fingerprint density at radius 1 is 1.37 bits per heavy atom. The van der Waals surface area contributed by atoms with Crippen molar-refractivity contribution >= 4 is 21.7 Å². The van der Waals surface area contributed by atoms with E-state index in [1.165, 1.54) is 0 Å². The van der Waals surface area contributed by atoms with Gasteiger partial charge in [-0.15, -0.1) is 0 Å². The molecular weight excluding hydrogens is 310 g/mol. The van der Waals surface area contributed by atoms with Crippen molar-refractivity contribution in [2.24, 2.45) is 0 Å². The average Bonchev–Trinajstić information content (AvgIpc) is 2.38. The Morgan fingerprint density at radius 3 is 2.79 bits per heavy atom. The van der Waals surface area contributed by atoms with Crippen LogP contribution < -0.4 is 5.73 Å². The summed E-state index contributed by atoms with van der Waals surface area (Å²) in [6.07, 6.45) is 0. The Morgan fingerprint density at radius 2 is 2.11 bits per heavy atom. The molecule has 19 heavy (non-hydrogen) atoms. The van der Waals surface area contributed by atoms with Gasteiger partial charge in [0, 0.05) is 26.7 Å². The monoisotopic (exact) mass is 329 g/mol. The van der Waals surface area contributed by atoms with Crippen LogP contribution in [0.2, 0.25) is 0 Å². The minimum absolute atomic E-state index is 0.171. The Kier molecular flexibility index (Phi) is 4.72. The molecule has 6 nitrogen and oxygen atoms in total. The van der Waals surface area contributed by atoms with E-state index in [-0.39, 0.29) is 6.04 Å². The molecule has 0 saturated carbocycles. The number of halogens is 1. The van der Waals surface area contributed by atoms with E-state index in [0.29, 0.717) is 12.4 Å². The van der Waals surface area contributed by atoms with Crippen LogP contribution in [0.5, 0.6) is 0 Å². The van der Waals surface area contributed by atoms with Crippen molar-refractivity contribution in [2.75, 3.05) is 46.6 Å². The molecule has 0 radical (unpaired) electrons. The van der Waals surface area contributed by atoms with Crippen LogP contribution >= 0.6 is 15.9 Å². The fourth-order valence-electron chi connectivity index (χ4n) is 2.20. The van der Waals surface area contributed by atoms with Gasteiger partial charge in [-0.2, -0.15) is 0 Å². The third-order valence-electron chi connectivity index (χ3n) is 3.39. The van der Waals surface area contributed by atoms with Gasteiger partial charge in [0.05, 0.1) is 22.8 Å². The van der Waals surface area contributed by atoms with Crippen LogP contribution in [-0.4, -0.2) is 60.6 Å². The number of nitrogens with two attached hydrogens (primary N) is 1. The minimum Gasteiger partial charge on any atom is -0.383 e. The summed E-state index contributed by atoms with van der Waals surface area (Å²) in [6.45, 7) is 3.39. The largest absolute Gasteiger partial charge is 0.383 e. The smallest absolute Gasteiger partial charge is 0.149 e. The second kappa shape index (κ2) is 6.13. The Hall–Kier alpha value is -0.760. The molecule has 0 amide bonds. The molecule has 1 aliphatic rings. The van der Waals surface area contributed by atoms with Crippen LogP contribution in [0.4, 0.5) is 5.82 Å². The highest BCUT2D eigenvalue weighted by Gasteiger charge is 2.27. The molecule has 0 aliphatic carbocycles. The number of rotatable bonds is 3. The third-order valence-corrected chi connectivity index (χ3v) is 4.26. The number of likely N-dealkylation sites (N-methyl/N-ethyl adjacent to an activating group) is 2. The number of anilines is 1. The van der Waals surface area contributed by atoms with Crippen molar-refractivity contribution in [3.05, 3.63) is 16.0 Å². The maximum absolute atomic E-state index is 5.95. The summed E-state index contributed by atoms with van der Waals surface area (Å²) in [5, 5.41) is 0. The molecule has 1 aromatic heterocycles. The number of nitrogens with zero attached hydrogens (tertiary/aromatic N) is 4. The molecule has 1 aromatic rings. The summed E-state index contributed by atoms with van der Waals surface area (Å²) in [7, 11) is 5.85. The maximum atomic E-state index is 5.95. The standard InChI is InChI=1S/C12H20BrN5O/c1-17-4-5-18(2)9(6-17)12-15-8(7-19-3)10(13)11(14)16-12/h9H,4-7H2,1-3H3,(H2,14,15,16). The van der Waals surface area contributed by atoms with Crippen LogP contribution in [0.3, 0.4) is 0 Å². The average molecular weight is 330 g/mol. The predicted octanol–water partition coefficient (Wildman–Crippen LogP) is 0.886. The summed E-state index contributed by atoms with van der Waals surface area (Å²) in [5.41, 5.74) is 6.75. The lowest BCUT2D eigenvalue weighted by Gasteiger charge is -2.36. The Bertz CT molecular complexity index is 456. The molecule has 1 unspecified atom stereocenters. The molecule has 0 aromatic carbocycles. The number of methoxy groups -OCH3 is 1. The lowest BCUT2D eigenvalue weighted by Crippen LogP contribution is -2.45. The predicted molar refractivity (Wildman–Crippen MR) is 77.7 cm³/mol. The van der Waals surface area contributed by atoms with Gasteiger partial charge >= 0.3 is 0 Å². The van der Waals surface area contributed by atoms with Gasteiger partial charge in [-0.3, -0.25) is 4.90 Å². The molecule has 1 saturated heterocycles. The van der Waals surface area contributed by atoms with E-state index in [9.17, 15) is 0 Å². The van der Waals surface area contributed by atoms with Gasteiger partial charge in [-0.25, -0.2) is 9.97 Å². The highest BCUT2D eigenvalue weighted by atomic mass is 79.9. The van der Waals surface area contributed by atoms with Crippen LogP contribution in [0, 0.1) is 0 Å². The second-order valence-electron chi connectivity index (χ2n) is 4.92. The number of nitrogen functional groups attached to an aromatic ring is 1. The summed E-state index contributed by atoms with van der Waals surface area (Å²) in [4.78, 5) is 13.6. The Balaban J connectivity index is 2.33. The first-order valence-corrected chi connectivity index (χ1v) is 7.01. The zero-order valence-electron chi connectivity index (χ0n) is 11.6. The quantitative estimate of drug-likeness (QED) is 0.888. The number of ether oxygens (including phenoxy) is 1. The van der Waals surface area contributed by atoms with Crippen LogP contribution in [0.1, 0.15) is 17.6 Å². The fourth-order valence-corrected chi connectivity index (χ4v) is 2.49. The van der Waals surface area contributed by atoms with E-state index in [0.717, 1.165) is 35.6 Å². The lowest BCUT2D eigenvalue weighted by atomic mass is 10.1. The van der Waals surface area contributed by atoms with Crippen LogP contribution in [0.15, 0.2) is 4.47 Å². The molecule has 2 heterocycles. The Labute approximate surface area is 122 Å². The van der Waals surface area contributed by atoms with E-state index in [2.05, 4.69) is 49.8 Å². The fraction of sp³-hybridized carbons (Fsp3) is 0.667. The lowest BCUT2D eigenvalue weighted by molar-refractivity contribution is 0.109. The minimum atomic E-state index is 0.171. The van der Waals surface area contributed by atoms with Crippen molar-refractivity contribution in [3.8, 4) is 0 Å². The molecule has 2 N–H and O–H groups in total. The molecular formula is C12H20BrN5O. The van der Waals surface area contributed by atoms with Gasteiger partial charge in [-0.05, 0) is 30.0 Å². The van der Waals surface area contributed by atoms with E-state index in [4.69, 9.17) is 10.5 Å². The molecule has 7 heteroatoms. The van der Waals surface area contributed by atoms with Gasteiger partial charge < -0.3 is 15.4 Å².